The van der Waals surface area contributed by atoms with Crippen molar-refractivity contribution in [1.29, 1.82) is 0 Å². The lowest BCUT2D eigenvalue weighted by molar-refractivity contribution is -0.127. The normalized spacial score (nSPS) is 25.7. The van der Waals surface area contributed by atoms with Gasteiger partial charge in [-0.3, -0.25) is 4.79 Å². The van der Waals surface area contributed by atoms with E-state index in [1.807, 2.05) is 0 Å². The Hall–Kier alpha value is -1.25. The minimum atomic E-state index is -0.0711. The lowest BCUT2D eigenvalue weighted by Crippen LogP contribution is -2.46. The first-order valence-electron chi connectivity index (χ1n) is 7.33. The van der Waals surface area contributed by atoms with Crippen LogP contribution in [0.4, 0.5) is 5.13 Å². The van der Waals surface area contributed by atoms with E-state index in [1.165, 1.54) is 11.3 Å². The van der Waals surface area contributed by atoms with Crippen LogP contribution in [0.5, 0.6) is 0 Å². The Morgan fingerprint density at radius 3 is 2.90 bits per heavy atom. The molecule has 1 aromatic rings. The van der Waals surface area contributed by atoms with E-state index in [1.54, 1.807) is 0 Å². The molecule has 7 nitrogen and oxygen atoms in total. The summed E-state index contributed by atoms with van der Waals surface area (Å²) in [5.74, 6) is -0.0279. The third kappa shape index (κ3) is 4.62. The van der Waals surface area contributed by atoms with Gasteiger partial charge in [0.25, 0.3) is 0 Å². The summed E-state index contributed by atoms with van der Waals surface area (Å²) < 4.78 is 5.72. The average Bonchev–Trinajstić information content (AvgIpc) is 2.89. The second kappa shape index (κ2) is 7.67. The molecular weight excluding hydrogens is 290 g/mol. The Balaban J connectivity index is 1.76. The Labute approximate surface area is 128 Å². The van der Waals surface area contributed by atoms with Crippen LogP contribution in [0, 0.1) is 5.92 Å². The van der Waals surface area contributed by atoms with Gasteiger partial charge in [-0.05, 0) is 25.7 Å². The van der Waals surface area contributed by atoms with Crippen LogP contribution in [0.1, 0.15) is 37.6 Å². The van der Waals surface area contributed by atoms with E-state index in [0.717, 1.165) is 25.9 Å². The Kier molecular flexibility index (Phi) is 5.89. The molecule has 0 aromatic carbocycles. The number of nitrogen functional groups attached to an aromatic ring is 1. The summed E-state index contributed by atoms with van der Waals surface area (Å²) in [6, 6.07) is -0.0711. The zero-order chi connectivity index (χ0) is 15.2. The molecule has 118 valence electrons. The first-order valence-corrected chi connectivity index (χ1v) is 8.14. The van der Waals surface area contributed by atoms with E-state index < -0.39 is 0 Å². The molecule has 0 saturated heterocycles. The first kappa shape index (κ1) is 16.1. The van der Waals surface area contributed by atoms with Crippen molar-refractivity contribution in [2.45, 2.75) is 51.3 Å². The molecule has 1 saturated carbocycles. The zero-order valence-corrected chi connectivity index (χ0v) is 13.1. The number of aromatic nitrogens is 2. The maximum absolute atomic E-state index is 12.2. The summed E-state index contributed by atoms with van der Waals surface area (Å²) in [6.45, 7) is 3.17. The largest absolute Gasteiger partial charge is 0.377 e. The maximum Gasteiger partial charge on any atom is 0.223 e. The molecule has 5 N–H and O–H groups in total. The molecule has 21 heavy (non-hydrogen) atoms. The number of rotatable bonds is 6. The highest BCUT2D eigenvalue weighted by Crippen LogP contribution is 2.26. The third-order valence-corrected chi connectivity index (χ3v) is 4.39. The highest BCUT2D eigenvalue weighted by Gasteiger charge is 2.32. The van der Waals surface area contributed by atoms with Crippen LogP contribution < -0.4 is 16.8 Å². The van der Waals surface area contributed by atoms with Gasteiger partial charge in [0, 0.05) is 18.6 Å². The predicted molar refractivity (Wildman–Crippen MR) is 81.5 cm³/mol. The fourth-order valence-electron chi connectivity index (χ4n) is 2.54. The summed E-state index contributed by atoms with van der Waals surface area (Å²) in [4.78, 5) is 12.2. The van der Waals surface area contributed by atoms with Crippen molar-refractivity contribution >= 4 is 22.4 Å². The second-order valence-corrected chi connectivity index (χ2v) is 6.43. The van der Waals surface area contributed by atoms with Gasteiger partial charge in [0.1, 0.15) is 5.01 Å². The highest BCUT2D eigenvalue weighted by atomic mass is 32.1. The number of ether oxygens (including phenoxy) is 1. The van der Waals surface area contributed by atoms with Crippen molar-refractivity contribution < 1.29 is 9.53 Å². The van der Waals surface area contributed by atoms with Gasteiger partial charge >= 0.3 is 0 Å². The van der Waals surface area contributed by atoms with Gasteiger partial charge in [0.2, 0.25) is 11.0 Å². The van der Waals surface area contributed by atoms with E-state index in [-0.39, 0.29) is 24.0 Å². The topological polar surface area (TPSA) is 116 Å². The summed E-state index contributed by atoms with van der Waals surface area (Å²) in [7, 11) is 0. The summed E-state index contributed by atoms with van der Waals surface area (Å²) >= 11 is 1.28. The molecule has 1 heterocycles. The van der Waals surface area contributed by atoms with Crippen molar-refractivity contribution in [1.82, 2.24) is 15.5 Å². The van der Waals surface area contributed by atoms with Gasteiger partial charge in [-0.25, -0.2) is 0 Å². The predicted octanol–water partition coefficient (Wildman–Crippen LogP) is 0.659. The van der Waals surface area contributed by atoms with Crippen LogP contribution in [-0.4, -0.2) is 34.9 Å². The molecule has 1 fully saturated rings. The lowest BCUT2D eigenvalue weighted by atomic mass is 9.83. The number of carbonyl (C=O) groups is 1. The van der Waals surface area contributed by atoms with Crippen LogP contribution in [0.15, 0.2) is 0 Å². The fraction of sp³-hybridized carbons (Fsp3) is 0.769. The molecule has 3 atom stereocenters. The van der Waals surface area contributed by atoms with Gasteiger partial charge in [-0.15, -0.1) is 10.2 Å². The molecule has 1 aromatic heterocycles. The molecule has 0 radical (unpaired) electrons. The number of amides is 1. The Morgan fingerprint density at radius 2 is 2.29 bits per heavy atom. The van der Waals surface area contributed by atoms with E-state index in [2.05, 4.69) is 22.4 Å². The minimum absolute atomic E-state index is 0.0214. The summed E-state index contributed by atoms with van der Waals surface area (Å²) in [6.07, 6.45) is 3.38. The molecule has 0 bridgehead atoms. The molecule has 8 heteroatoms. The van der Waals surface area contributed by atoms with Gasteiger partial charge in [0.05, 0.1) is 12.6 Å². The first-order chi connectivity index (χ1) is 10.1. The van der Waals surface area contributed by atoms with E-state index in [9.17, 15) is 4.79 Å². The molecule has 1 amide bonds. The maximum atomic E-state index is 12.2. The van der Waals surface area contributed by atoms with Crippen LogP contribution in [0.25, 0.3) is 0 Å². The molecule has 0 spiro atoms. The van der Waals surface area contributed by atoms with Crippen LogP contribution in [0.2, 0.25) is 0 Å². The van der Waals surface area contributed by atoms with Crippen molar-refractivity contribution in [3.63, 3.8) is 0 Å². The Bertz CT molecular complexity index is 467. The summed E-state index contributed by atoms with van der Waals surface area (Å²) in [5, 5.41) is 11.6. The monoisotopic (exact) mass is 313 g/mol. The van der Waals surface area contributed by atoms with Crippen molar-refractivity contribution in [3.05, 3.63) is 5.01 Å². The number of nitrogens with zero attached hydrogens (tertiary/aromatic N) is 2. The zero-order valence-electron chi connectivity index (χ0n) is 12.2. The quantitative estimate of drug-likeness (QED) is 0.710. The number of anilines is 1. The summed E-state index contributed by atoms with van der Waals surface area (Å²) in [5.41, 5.74) is 11.6. The number of nitrogens with two attached hydrogens (primary N) is 2. The van der Waals surface area contributed by atoms with Crippen LogP contribution in [0.3, 0.4) is 0 Å². The highest BCUT2D eigenvalue weighted by molar-refractivity contribution is 7.15. The number of nitrogens with one attached hydrogen (secondary N) is 1. The molecule has 1 aliphatic carbocycles. The average molecular weight is 313 g/mol. The van der Waals surface area contributed by atoms with Gasteiger partial charge < -0.3 is 21.5 Å². The van der Waals surface area contributed by atoms with Gasteiger partial charge in [0.15, 0.2) is 0 Å². The van der Waals surface area contributed by atoms with E-state index >= 15 is 0 Å². The lowest BCUT2D eigenvalue weighted by Gasteiger charge is -2.33. The smallest absolute Gasteiger partial charge is 0.223 e. The van der Waals surface area contributed by atoms with Gasteiger partial charge in [-0.1, -0.05) is 18.3 Å². The number of hydrogen-bond acceptors (Lipinski definition) is 7. The number of carbonyl (C=O) groups excluding carboxylic acids is 1. The van der Waals surface area contributed by atoms with Crippen LogP contribution >= 0.6 is 11.3 Å². The molecule has 2 rings (SSSR count). The standard InChI is InChI=1S/C13H23N5O2S/c1-2-5-20-10-4-3-8(6-9(10)14)12(19)16-7-11-17-18-13(15)21-11/h8-10H,2-7,14H2,1H3,(H2,15,18)(H,16,19)/t8-,9+,10+/m0/s1. The van der Waals surface area contributed by atoms with Crippen molar-refractivity contribution in [3.8, 4) is 0 Å². The van der Waals surface area contributed by atoms with Gasteiger partial charge in [-0.2, -0.15) is 0 Å². The SMILES string of the molecule is CCCO[C@@H]1CC[C@H](C(=O)NCc2nnc(N)s2)C[C@H]1N. The molecular formula is C13H23N5O2S. The number of hydrogen-bond donors (Lipinski definition) is 3. The van der Waals surface area contributed by atoms with E-state index in [4.69, 9.17) is 16.2 Å². The molecule has 0 unspecified atom stereocenters. The third-order valence-electron chi connectivity index (χ3n) is 3.64. The van der Waals surface area contributed by atoms with Crippen molar-refractivity contribution in [2.75, 3.05) is 12.3 Å². The minimum Gasteiger partial charge on any atom is -0.377 e. The molecule has 1 aliphatic rings. The van der Waals surface area contributed by atoms with Crippen LogP contribution in [-0.2, 0) is 16.1 Å². The van der Waals surface area contributed by atoms with E-state index in [0.29, 0.717) is 23.1 Å². The fourth-order valence-corrected chi connectivity index (χ4v) is 3.09. The van der Waals surface area contributed by atoms with Crippen molar-refractivity contribution in [2.24, 2.45) is 11.7 Å². The second-order valence-electron chi connectivity index (χ2n) is 5.33. The Morgan fingerprint density at radius 1 is 1.48 bits per heavy atom. The molecule has 0 aliphatic heterocycles.